The minimum atomic E-state index is -0.650. The Balaban J connectivity index is 2.40. The van der Waals surface area contributed by atoms with Gasteiger partial charge in [-0.2, -0.15) is 0 Å². The smallest absolute Gasteiger partial charge is 0.0394 e. The summed E-state index contributed by atoms with van der Waals surface area (Å²) in [5.74, 6) is 2.48. The van der Waals surface area contributed by atoms with Gasteiger partial charge in [0, 0.05) is 28.3 Å². The number of hydrogen-bond donors (Lipinski definition) is 1. The Morgan fingerprint density at radius 1 is 1.29 bits per heavy atom. The van der Waals surface area contributed by atoms with Crippen LogP contribution in [0, 0.1) is 11.3 Å². The van der Waals surface area contributed by atoms with Crippen molar-refractivity contribution in [3.8, 4) is 0 Å². The first-order chi connectivity index (χ1) is 7.93. The summed E-state index contributed by atoms with van der Waals surface area (Å²) in [5, 5.41) is 3.49. The molecule has 2 nitrogen and oxygen atoms in total. The van der Waals surface area contributed by atoms with E-state index in [0.29, 0.717) is 6.04 Å². The van der Waals surface area contributed by atoms with E-state index in [2.05, 4.69) is 33.0 Å². The highest BCUT2D eigenvalue weighted by Crippen LogP contribution is 2.26. The molecule has 1 saturated carbocycles. The summed E-state index contributed by atoms with van der Waals surface area (Å²) >= 11 is 0. The van der Waals surface area contributed by atoms with Crippen LogP contribution in [0.4, 0.5) is 0 Å². The van der Waals surface area contributed by atoms with Gasteiger partial charge in [0.25, 0.3) is 0 Å². The molecule has 1 fully saturated rings. The largest absolute Gasteiger partial charge is 0.313 e. The van der Waals surface area contributed by atoms with Crippen LogP contribution in [0.25, 0.3) is 0 Å². The molecular weight excluding hydrogens is 230 g/mol. The van der Waals surface area contributed by atoms with Gasteiger partial charge in [-0.15, -0.1) is 0 Å². The fraction of sp³-hybridized carbons (Fsp3) is 1.00. The van der Waals surface area contributed by atoms with Crippen molar-refractivity contribution in [3.63, 3.8) is 0 Å². The Labute approximate surface area is 109 Å². The number of hydrogen-bond acceptors (Lipinski definition) is 2. The van der Waals surface area contributed by atoms with Gasteiger partial charge in [0.1, 0.15) is 0 Å². The van der Waals surface area contributed by atoms with E-state index < -0.39 is 10.8 Å². The molecule has 0 amide bonds. The van der Waals surface area contributed by atoms with Crippen LogP contribution in [0.5, 0.6) is 0 Å². The fourth-order valence-electron chi connectivity index (χ4n) is 2.56. The van der Waals surface area contributed by atoms with Gasteiger partial charge in [-0.3, -0.25) is 4.21 Å². The van der Waals surface area contributed by atoms with Gasteiger partial charge < -0.3 is 5.32 Å². The molecule has 0 spiro atoms. The highest BCUT2D eigenvalue weighted by Gasteiger charge is 2.27. The average molecular weight is 259 g/mol. The second kappa shape index (κ2) is 6.89. The molecule has 102 valence electrons. The fourth-order valence-corrected chi connectivity index (χ4v) is 4.54. The lowest BCUT2D eigenvalue weighted by Crippen LogP contribution is -2.44. The minimum Gasteiger partial charge on any atom is -0.313 e. The summed E-state index contributed by atoms with van der Waals surface area (Å²) in [6.07, 6.45) is 5.29. The Bertz CT molecular complexity index is 241. The maximum Gasteiger partial charge on any atom is 0.0394 e. The Hall–Kier alpha value is 0.110. The Morgan fingerprint density at radius 2 is 1.88 bits per heavy atom. The van der Waals surface area contributed by atoms with Gasteiger partial charge in [-0.25, -0.2) is 0 Å². The van der Waals surface area contributed by atoms with Crippen molar-refractivity contribution in [3.05, 3.63) is 0 Å². The van der Waals surface area contributed by atoms with Crippen molar-refractivity contribution >= 4 is 10.8 Å². The lowest BCUT2D eigenvalue weighted by atomic mass is 9.88. The van der Waals surface area contributed by atoms with Crippen LogP contribution < -0.4 is 5.32 Å². The van der Waals surface area contributed by atoms with E-state index in [4.69, 9.17) is 0 Å². The lowest BCUT2D eigenvalue weighted by molar-refractivity contribution is 0.294. The normalized spacial score (nSPS) is 21.6. The summed E-state index contributed by atoms with van der Waals surface area (Å²) < 4.78 is 12.2. The molecule has 0 bridgehead atoms. The molecule has 3 heteroatoms. The van der Waals surface area contributed by atoms with Crippen molar-refractivity contribution in [2.24, 2.45) is 11.3 Å². The molecule has 0 saturated heterocycles. The summed E-state index contributed by atoms with van der Waals surface area (Å²) in [5.41, 5.74) is 0.196. The Kier molecular flexibility index (Phi) is 6.14. The van der Waals surface area contributed by atoms with Crippen LogP contribution in [-0.2, 0) is 10.8 Å². The summed E-state index contributed by atoms with van der Waals surface area (Å²) in [7, 11) is -0.650. The van der Waals surface area contributed by atoms with Gasteiger partial charge >= 0.3 is 0 Å². The maximum atomic E-state index is 12.2. The first-order valence-corrected chi connectivity index (χ1v) is 8.50. The van der Waals surface area contributed by atoms with E-state index in [1.54, 1.807) is 0 Å². The van der Waals surface area contributed by atoms with Crippen molar-refractivity contribution < 1.29 is 4.21 Å². The zero-order valence-electron chi connectivity index (χ0n) is 11.9. The monoisotopic (exact) mass is 259 g/mol. The molecule has 0 aliphatic heterocycles. The quantitative estimate of drug-likeness (QED) is 0.794. The summed E-state index contributed by atoms with van der Waals surface area (Å²) in [6.45, 7) is 9.77. The maximum absolute atomic E-state index is 12.2. The van der Waals surface area contributed by atoms with Gasteiger partial charge in [-0.05, 0) is 30.7 Å². The van der Waals surface area contributed by atoms with E-state index in [-0.39, 0.29) is 5.41 Å². The van der Waals surface area contributed by atoms with Crippen LogP contribution in [-0.4, -0.2) is 28.3 Å². The van der Waals surface area contributed by atoms with Crippen LogP contribution in [0.15, 0.2) is 0 Å². The van der Waals surface area contributed by atoms with E-state index in [0.717, 1.165) is 24.0 Å². The molecule has 0 radical (unpaired) electrons. The molecule has 1 aliphatic carbocycles. The molecule has 2 atom stereocenters. The van der Waals surface area contributed by atoms with Gasteiger partial charge in [0.05, 0.1) is 0 Å². The average Bonchev–Trinajstić information content (AvgIpc) is 2.68. The van der Waals surface area contributed by atoms with Crippen LogP contribution in [0.2, 0.25) is 0 Å². The van der Waals surface area contributed by atoms with E-state index in [1.807, 2.05) is 0 Å². The number of nitrogens with one attached hydrogen (secondary N) is 1. The van der Waals surface area contributed by atoms with Crippen LogP contribution in [0.1, 0.15) is 53.4 Å². The second-order valence-corrected chi connectivity index (χ2v) is 7.95. The molecule has 0 aromatic carbocycles. The molecule has 1 N–H and O–H groups in total. The van der Waals surface area contributed by atoms with E-state index in [9.17, 15) is 4.21 Å². The SMILES string of the molecule is CCNC(CS(=O)CC1CCCC1)C(C)(C)C. The third kappa shape index (κ3) is 5.52. The van der Waals surface area contributed by atoms with Crippen molar-refractivity contribution in [2.75, 3.05) is 18.1 Å². The van der Waals surface area contributed by atoms with Gasteiger partial charge in [0.15, 0.2) is 0 Å². The zero-order chi connectivity index (χ0) is 12.9. The van der Waals surface area contributed by atoms with Crippen molar-refractivity contribution in [1.82, 2.24) is 5.32 Å². The standard InChI is InChI=1S/C14H29NOS/c1-5-15-13(14(2,3)4)11-17(16)10-12-8-6-7-9-12/h12-13,15H,5-11H2,1-4H3. The van der Waals surface area contributed by atoms with Crippen molar-refractivity contribution in [2.45, 2.75) is 59.4 Å². The molecule has 0 aromatic heterocycles. The van der Waals surface area contributed by atoms with E-state index >= 15 is 0 Å². The van der Waals surface area contributed by atoms with Crippen LogP contribution >= 0.6 is 0 Å². The molecule has 1 aliphatic rings. The first-order valence-electron chi connectivity index (χ1n) is 7.02. The topological polar surface area (TPSA) is 29.1 Å². The van der Waals surface area contributed by atoms with E-state index in [1.165, 1.54) is 25.7 Å². The highest BCUT2D eigenvalue weighted by atomic mass is 32.2. The zero-order valence-corrected chi connectivity index (χ0v) is 12.7. The predicted molar refractivity (Wildman–Crippen MR) is 76.8 cm³/mol. The molecule has 17 heavy (non-hydrogen) atoms. The third-order valence-electron chi connectivity index (χ3n) is 3.74. The summed E-state index contributed by atoms with van der Waals surface area (Å²) in [6, 6.07) is 0.370. The summed E-state index contributed by atoms with van der Waals surface area (Å²) in [4.78, 5) is 0. The van der Waals surface area contributed by atoms with Crippen LogP contribution in [0.3, 0.4) is 0 Å². The lowest BCUT2D eigenvalue weighted by Gasteiger charge is -2.31. The highest BCUT2D eigenvalue weighted by molar-refractivity contribution is 7.85. The molecule has 1 rings (SSSR count). The molecule has 0 heterocycles. The first kappa shape index (κ1) is 15.2. The second-order valence-electron chi connectivity index (χ2n) is 6.40. The molecule has 2 unspecified atom stereocenters. The molecule has 0 aromatic rings. The number of rotatable bonds is 6. The molecular formula is C14H29NOS. The third-order valence-corrected chi connectivity index (χ3v) is 5.29. The minimum absolute atomic E-state index is 0.196. The van der Waals surface area contributed by atoms with Gasteiger partial charge in [-0.1, -0.05) is 40.5 Å². The van der Waals surface area contributed by atoms with Crippen molar-refractivity contribution in [1.29, 1.82) is 0 Å². The predicted octanol–water partition coefficient (Wildman–Crippen LogP) is 2.95. The van der Waals surface area contributed by atoms with Gasteiger partial charge in [0.2, 0.25) is 0 Å². The Morgan fingerprint density at radius 3 is 2.35 bits per heavy atom.